The van der Waals surface area contributed by atoms with Gasteiger partial charge >= 0.3 is 11.7 Å². The number of methoxy groups -OCH3 is 1. The van der Waals surface area contributed by atoms with E-state index in [0.29, 0.717) is 5.56 Å². The van der Waals surface area contributed by atoms with Gasteiger partial charge in [-0.25, -0.2) is 4.79 Å². The molecule has 9 heteroatoms. The zero-order chi connectivity index (χ0) is 19.6. The Kier molecular flexibility index (Phi) is 5.22. The molecule has 1 heterocycles. The number of carbonyl (C=O) groups excluding carboxylic acids is 2. The summed E-state index contributed by atoms with van der Waals surface area (Å²) in [4.78, 5) is 36.3. The summed E-state index contributed by atoms with van der Waals surface area (Å²) in [7, 11) is 1.33. The molecule has 0 saturated carbocycles. The van der Waals surface area contributed by atoms with Gasteiger partial charge in [0, 0.05) is 10.5 Å². The lowest BCUT2D eigenvalue weighted by molar-refractivity contribution is -0.385. The van der Waals surface area contributed by atoms with Crippen molar-refractivity contribution < 1.29 is 19.2 Å². The molecule has 2 aromatic rings. The van der Waals surface area contributed by atoms with Crippen LogP contribution in [-0.4, -0.2) is 28.9 Å². The predicted octanol–water partition coefficient (Wildman–Crippen LogP) is 3.46. The highest BCUT2D eigenvalue weighted by atomic mass is 79.9. The summed E-state index contributed by atoms with van der Waals surface area (Å²) in [6.45, 7) is 0.123. The molecule has 1 fully saturated rings. The van der Waals surface area contributed by atoms with Crippen molar-refractivity contribution in [1.82, 2.24) is 10.2 Å². The second-order valence-electron chi connectivity index (χ2n) is 5.69. The number of hydrogen-bond donors (Lipinski definition) is 1. The molecule has 3 amide bonds. The minimum atomic E-state index is -0.574. The lowest BCUT2D eigenvalue weighted by Crippen LogP contribution is -2.30. The summed E-state index contributed by atoms with van der Waals surface area (Å²) < 4.78 is 5.84. The Balaban J connectivity index is 1.84. The summed E-state index contributed by atoms with van der Waals surface area (Å²) in [5.41, 5.74) is 1.02. The number of rotatable bonds is 5. The van der Waals surface area contributed by atoms with Gasteiger partial charge in [0.15, 0.2) is 5.75 Å². The number of nitro benzene ring substituents is 1. The van der Waals surface area contributed by atoms with Gasteiger partial charge in [0.25, 0.3) is 5.91 Å². The standard InChI is InChI=1S/C18H14BrN3O5/c1-27-16-7-4-12(9-15(16)22(25)26)8-14-17(23)21(18(24)20-14)10-11-2-5-13(19)6-3-11/h2-9H,10H2,1H3,(H,20,24)/b14-8+. The number of nitrogens with zero attached hydrogens (tertiary/aromatic N) is 2. The number of imide groups is 1. The van der Waals surface area contributed by atoms with Crippen LogP contribution >= 0.6 is 15.9 Å². The van der Waals surface area contributed by atoms with E-state index < -0.39 is 16.9 Å². The maximum absolute atomic E-state index is 12.5. The van der Waals surface area contributed by atoms with Crippen LogP contribution in [0.3, 0.4) is 0 Å². The Morgan fingerprint density at radius 1 is 1.22 bits per heavy atom. The average Bonchev–Trinajstić information content (AvgIpc) is 2.90. The molecule has 8 nitrogen and oxygen atoms in total. The number of benzene rings is 2. The van der Waals surface area contributed by atoms with Crippen LogP contribution in [0, 0.1) is 10.1 Å². The SMILES string of the molecule is COc1ccc(/C=C2/NC(=O)N(Cc3ccc(Br)cc3)C2=O)cc1[N+](=O)[O-]. The van der Waals surface area contributed by atoms with Crippen molar-refractivity contribution in [2.24, 2.45) is 0 Å². The van der Waals surface area contributed by atoms with Gasteiger partial charge in [0.2, 0.25) is 0 Å². The zero-order valence-electron chi connectivity index (χ0n) is 14.1. The molecule has 0 atom stereocenters. The molecule has 1 aliphatic heterocycles. The monoisotopic (exact) mass is 431 g/mol. The van der Waals surface area contributed by atoms with Gasteiger partial charge in [0.05, 0.1) is 18.6 Å². The summed E-state index contributed by atoms with van der Waals surface area (Å²) >= 11 is 3.33. The molecule has 0 bridgehead atoms. The van der Waals surface area contributed by atoms with Crippen molar-refractivity contribution in [3.63, 3.8) is 0 Å². The molecule has 2 aromatic carbocycles. The number of carbonyl (C=O) groups is 2. The Labute approximate surface area is 162 Å². The fraction of sp³-hybridized carbons (Fsp3) is 0.111. The number of hydrogen-bond acceptors (Lipinski definition) is 5. The summed E-state index contributed by atoms with van der Waals surface area (Å²) in [5, 5.41) is 13.6. The summed E-state index contributed by atoms with van der Waals surface area (Å²) in [6.07, 6.45) is 1.40. The van der Waals surface area contributed by atoms with Gasteiger partial charge in [-0.15, -0.1) is 0 Å². The maximum Gasteiger partial charge on any atom is 0.329 e. The fourth-order valence-electron chi connectivity index (χ4n) is 2.59. The van der Waals surface area contributed by atoms with E-state index in [0.717, 1.165) is 14.9 Å². The third kappa shape index (κ3) is 3.98. The zero-order valence-corrected chi connectivity index (χ0v) is 15.7. The van der Waals surface area contributed by atoms with Gasteiger partial charge in [0.1, 0.15) is 5.70 Å². The van der Waals surface area contributed by atoms with Gasteiger partial charge in [-0.1, -0.05) is 34.1 Å². The molecular weight excluding hydrogens is 418 g/mol. The summed E-state index contributed by atoms with van der Waals surface area (Å²) in [6, 6.07) is 11.0. The fourth-order valence-corrected chi connectivity index (χ4v) is 2.86. The Morgan fingerprint density at radius 3 is 2.56 bits per heavy atom. The van der Waals surface area contributed by atoms with E-state index >= 15 is 0 Å². The third-order valence-corrected chi connectivity index (χ3v) is 4.46. The molecular formula is C18H14BrN3O5. The first kappa shape index (κ1) is 18.6. The Morgan fingerprint density at radius 2 is 1.93 bits per heavy atom. The van der Waals surface area contributed by atoms with E-state index in [4.69, 9.17) is 4.74 Å². The molecule has 0 radical (unpaired) electrons. The average molecular weight is 432 g/mol. The molecule has 0 aromatic heterocycles. The number of halogens is 1. The third-order valence-electron chi connectivity index (χ3n) is 3.93. The molecule has 1 N–H and O–H groups in total. The van der Waals surface area contributed by atoms with Crippen LogP contribution in [-0.2, 0) is 11.3 Å². The van der Waals surface area contributed by atoms with E-state index in [1.54, 1.807) is 18.2 Å². The molecule has 27 heavy (non-hydrogen) atoms. The molecule has 1 aliphatic rings. The van der Waals surface area contributed by atoms with Gasteiger partial charge < -0.3 is 10.1 Å². The number of urea groups is 1. The number of ether oxygens (including phenoxy) is 1. The van der Waals surface area contributed by atoms with Gasteiger partial charge in [-0.3, -0.25) is 19.8 Å². The first-order valence-corrected chi connectivity index (χ1v) is 8.60. The maximum atomic E-state index is 12.5. The molecule has 3 rings (SSSR count). The second-order valence-corrected chi connectivity index (χ2v) is 6.61. The first-order chi connectivity index (χ1) is 12.9. The Bertz CT molecular complexity index is 956. The van der Waals surface area contributed by atoms with Crippen molar-refractivity contribution in [2.45, 2.75) is 6.54 Å². The highest BCUT2D eigenvalue weighted by molar-refractivity contribution is 9.10. The largest absolute Gasteiger partial charge is 0.490 e. The van der Waals surface area contributed by atoms with Crippen molar-refractivity contribution >= 4 is 39.6 Å². The van der Waals surface area contributed by atoms with E-state index in [1.807, 2.05) is 12.1 Å². The van der Waals surface area contributed by atoms with E-state index in [2.05, 4.69) is 21.2 Å². The highest BCUT2D eigenvalue weighted by Crippen LogP contribution is 2.29. The Hall–Kier alpha value is -3.20. The molecule has 0 spiro atoms. The normalized spacial score (nSPS) is 15.2. The van der Waals surface area contributed by atoms with Crippen molar-refractivity contribution in [1.29, 1.82) is 0 Å². The van der Waals surface area contributed by atoms with Crippen molar-refractivity contribution in [3.05, 3.63) is 73.9 Å². The molecule has 0 unspecified atom stereocenters. The van der Waals surface area contributed by atoms with Crippen LogP contribution in [0.15, 0.2) is 52.6 Å². The summed E-state index contributed by atoms with van der Waals surface area (Å²) in [5.74, 6) is -0.387. The first-order valence-electron chi connectivity index (χ1n) is 7.80. The van der Waals surface area contributed by atoms with E-state index in [1.165, 1.54) is 25.3 Å². The smallest absolute Gasteiger partial charge is 0.329 e. The quantitative estimate of drug-likeness (QED) is 0.338. The van der Waals surface area contributed by atoms with Crippen LogP contribution in [0.4, 0.5) is 10.5 Å². The van der Waals surface area contributed by atoms with Crippen LogP contribution in [0.25, 0.3) is 6.08 Å². The van der Waals surface area contributed by atoms with Crippen molar-refractivity contribution in [3.8, 4) is 5.75 Å². The van der Waals surface area contributed by atoms with Gasteiger partial charge in [-0.2, -0.15) is 0 Å². The van der Waals surface area contributed by atoms with Crippen LogP contribution in [0.5, 0.6) is 5.75 Å². The topological polar surface area (TPSA) is 102 Å². The predicted molar refractivity (Wildman–Crippen MR) is 101 cm³/mol. The molecule has 138 valence electrons. The minimum absolute atomic E-state index is 0.0524. The lowest BCUT2D eigenvalue weighted by atomic mass is 10.1. The molecule has 0 aliphatic carbocycles. The second kappa shape index (κ2) is 7.58. The number of nitrogens with one attached hydrogen (secondary N) is 1. The van der Waals surface area contributed by atoms with Gasteiger partial charge in [-0.05, 0) is 35.4 Å². The van der Waals surface area contributed by atoms with Crippen LogP contribution in [0.1, 0.15) is 11.1 Å². The van der Waals surface area contributed by atoms with E-state index in [9.17, 15) is 19.7 Å². The highest BCUT2D eigenvalue weighted by Gasteiger charge is 2.33. The van der Waals surface area contributed by atoms with Crippen LogP contribution < -0.4 is 10.1 Å². The lowest BCUT2D eigenvalue weighted by Gasteiger charge is -2.11. The molecule has 1 saturated heterocycles. The minimum Gasteiger partial charge on any atom is -0.490 e. The van der Waals surface area contributed by atoms with Crippen molar-refractivity contribution in [2.75, 3.05) is 7.11 Å². The van der Waals surface area contributed by atoms with Crippen LogP contribution in [0.2, 0.25) is 0 Å². The van der Waals surface area contributed by atoms with E-state index in [-0.39, 0.29) is 23.7 Å². The number of amides is 3. The number of nitro groups is 1.